The van der Waals surface area contributed by atoms with Crippen molar-refractivity contribution in [2.45, 2.75) is 6.92 Å². The molecule has 7 heteroatoms. The van der Waals surface area contributed by atoms with Crippen LogP contribution in [-0.2, 0) is 0 Å². The van der Waals surface area contributed by atoms with Crippen LogP contribution in [0.15, 0.2) is 46.2 Å². The second-order valence-corrected chi connectivity index (χ2v) is 5.86. The van der Waals surface area contributed by atoms with Crippen LogP contribution in [-0.4, -0.2) is 29.2 Å². The van der Waals surface area contributed by atoms with Crippen molar-refractivity contribution in [3.8, 4) is 16.5 Å². The van der Waals surface area contributed by atoms with Gasteiger partial charge >= 0.3 is 0 Å². The van der Waals surface area contributed by atoms with Crippen molar-refractivity contribution in [1.82, 2.24) is 4.98 Å². The van der Waals surface area contributed by atoms with Gasteiger partial charge in [0.2, 0.25) is 0 Å². The number of furan rings is 1. The largest absolute Gasteiger partial charge is 0.491 e. The lowest BCUT2D eigenvalue weighted by atomic mass is 10.3. The van der Waals surface area contributed by atoms with E-state index in [0.717, 1.165) is 5.76 Å². The highest BCUT2D eigenvalue weighted by atomic mass is 32.1. The molecular formula is C17H16N2O4S. The number of ether oxygens (including phenoxy) is 1. The molecule has 0 spiro atoms. The lowest BCUT2D eigenvalue weighted by molar-refractivity contribution is 0.102. The van der Waals surface area contributed by atoms with Crippen LogP contribution in [0.25, 0.3) is 10.8 Å². The number of aromatic nitrogens is 1. The molecule has 0 atom stereocenters. The zero-order valence-corrected chi connectivity index (χ0v) is 13.8. The van der Waals surface area contributed by atoms with E-state index in [1.165, 1.54) is 11.3 Å². The van der Waals surface area contributed by atoms with E-state index < -0.39 is 0 Å². The maximum atomic E-state index is 12.3. The lowest BCUT2D eigenvalue weighted by Gasteiger charge is -2.06. The highest BCUT2D eigenvalue weighted by Gasteiger charge is 2.14. The van der Waals surface area contributed by atoms with Gasteiger partial charge in [0.05, 0.1) is 6.61 Å². The molecule has 6 nitrogen and oxygen atoms in total. The molecule has 0 aliphatic heterocycles. The Bertz CT molecular complexity index is 823. The normalized spacial score (nSPS) is 10.6. The number of aliphatic hydroxyl groups excluding tert-OH is 1. The van der Waals surface area contributed by atoms with Gasteiger partial charge in [-0.1, -0.05) is 0 Å². The Kier molecular flexibility index (Phi) is 4.93. The van der Waals surface area contributed by atoms with Crippen molar-refractivity contribution in [3.05, 3.63) is 53.2 Å². The third kappa shape index (κ3) is 3.81. The summed E-state index contributed by atoms with van der Waals surface area (Å²) in [6.07, 6.45) is 0. The first-order valence-corrected chi connectivity index (χ1v) is 8.21. The van der Waals surface area contributed by atoms with E-state index in [1.54, 1.807) is 29.6 Å². The fraction of sp³-hybridized carbons (Fsp3) is 0.176. The van der Waals surface area contributed by atoms with Gasteiger partial charge in [-0.15, -0.1) is 11.3 Å². The molecule has 2 N–H and O–H groups in total. The molecule has 2 heterocycles. The van der Waals surface area contributed by atoms with Crippen molar-refractivity contribution >= 4 is 22.9 Å². The fourth-order valence-electron chi connectivity index (χ4n) is 2.03. The number of hydrogen-bond acceptors (Lipinski definition) is 6. The number of carbonyl (C=O) groups excluding carboxylic acids is 1. The first-order valence-electron chi connectivity index (χ1n) is 7.33. The molecule has 3 rings (SSSR count). The summed E-state index contributed by atoms with van der Waals surface area (Å²) in [7, 11) is 0. The third-order valence-electron chi connectivity index (χ3n) is 3.16. The predicted octanol–water partition coefficient (Wildman–Crippen LogP) is 3.33. The van der Waals surface area contributed by atoms with E-state index in [9.17, 15) is 4.79 Å². The van der Waals surface area contributed by atoms with Crippen molar-refractivity contribution < 1.29 is 19.1 Å². The van der Waals surface area contributed by atoms with Crippen molar-refractivity contribution in [1.29, 1.82) is 0 Å². The molecule has 0 fully saturated rings. The number of aryl methyl sites for hydroxylation is 1. The Morgan fingerprint density at radius 3 is 2.75 bits per heavy atom. The molecule has 0 aliphatic carbocycles. The second kappa shape index (κ2) is 7.29. The number of thiazole rings is 1. The highest BCUT2D eigenvalue weighted by molar-refractivity contribution is 7.13. The van der Waals surface area contributed by atoms with Crippen LogP contribution in [0.2, 0.25) is 0 Å². The van der Waals surface area contributed by atoms with Gasteiger partial charge in [0.15, 0.2) is 10.8 Å². The molecule has 0 saturated heterocycles. The van der Waals surface area contributed by atoms with E-state index in [4.69, 9.17) is 14.3 Å². The van der Waals surface area contributed by atoms with E-state index in [0.29, 0.717) is 27.9 Å². The number of anilines is 1. The summed E-state index contributed by atoms with van der Waals surface area (Å²) < 4.78 is 10.8. The number of aliphatic hydroxyl groups is 1. The maximum absolute atomic E-state index is 12.3. The zero-order valence-electron chi connectivity index (χ0n) is 13.0. The third-order valence-corrected chi connectivity index (χ3v) is 4.02. The maximum Gasteiger partial charge on any atom is 0.275 e. The summed E-state index contributed by atoms with van der Waals surface area (Å²) in [5, 5.41) is 13.9. The summed E-state index contributed by atoms with van der Waals surface area (Å²) in [6.45, 7) is 2.05. The number of nitrogens with one attached hydrogen (secondary N) is 1. The molecular weight excluding hydrogens is 328 g/mol. The van der Waals surface area contributed by atoms with Gasteiger partial charge in [-0.2, -0.15) is 0 Å². The summed E-state index contributed by atoms with van der Waals surface area (Å²) >= 11 is 1.36. The molecule has 1 aromatic carbocycles. The number of carbonyl (C=O) groups is 1. The molecule has 24 heavy (non-hydrogen) atoms. The first-order chi connectivity index (χ1) is 11.7. The van der Waals surface area contributed by atoms with Gasteiger partial charge < -0.3 is 19.6 Å². The molecule has 1 amide bonds. The number of amides is 1. The molecule has 0 radical (unpaired) electrons. The van der Waals surface area contributed by atoms with Crippen LogP contribution in [0.1, 0.15) is 16.2 Å². The highest BCUT2D eigenvalue weighted by Crippen LogP contribution is 2.26. The standard InChI is InChI=1S/C17H16N2O4S/c1-11-2-7-15(23-11)17-19-14(10-24-17)16(21)18-12-3-5-13(6-4-12)22-9-8-20/h2-7,10,20H,8-9H2,1H3,(H,18,21). The van der Waals surface area contributed by atoms with Crippen LogP contribution < -0.4 is 10.1 Å². The van der Waals surface area contributed by atoms with Crippen LogP contribution in [0, 0.1) is 6.92 Å². The topological polar surface area (TPSA) is 84.6 Å². The van der Waals surface area contributed by atoms with Crippen LogP contribution in [0.4, 0.5) is 5.69 Å². The summed E-state index contributed by atoms with van der Waals surface area (Å²) in [6, 6.07) is 10.6. The Balaban J connectivity index is 1.65. The molecule has 0 aliphatic rings. The second-order valence-electron chi connectivity index (χ2n) is 5.00. The summed E-state index contributed by atoms with van der Waals surface area (Å²) in [5.41, 5.74) is 0.976. The monoisotopic (exact) mass is 344 g/mol. The van der Waals surface area contributed by atoms with Crippen molar-refractivity contribution in [2.75, 3.05) is 18.5 Å². The minimum Gasteiger partial charge on any atom is -0.491 e. The Labute approximate surface area is 142 Å². The van der Waals surface area contributed by atoms with Gasteiger partial charge in [-0.3, -0.25) is 4.79 Å². The molecule has 2 aromatic heterocycles. The Morgan fingerprint density at radius 1 is 1.29 bits per heavy atom. The van der Waals surface area contributed by atoms with Gasteiger partial charge in [-0.05, 0) is 43.3 Å². The van der Waals surface area contributed by atoms with Crippen molar-refractivity contribution in [2.24, 2.45) is 0 Å². The smallest absolute Gasteiger partial charge is 0.275 e. The molecule has 0 bridgehead atoms. The van der Waals surface area contributed by atoms with Crippen LogP contribution in [0.5, 0.6) is 5.75 Å². The molecule has 3 aromatic rings. The van der Waals surface area contributed by atoms with E-state index in [1.807, 2.05) is 19.1 Å². The number of nitrogens with zero attached hydrogens (tertiary/aromatic N) is 1. The summed E-state index contributed by atoms with van der Waals surface area (Å²) in [4.78, 5) is 16.6. The van der Waals surface area contributed by atoms with Gasteiger partial charge in [0.25, 0.3) is 5.91 Å². The number of hydrogen-bond donors (Lipinski definition) is 2. The minimum atomic E-state index is -0.287. The summed E-state index contributed by atoms with van der Waals surface area (Å²) in [5.74, 6) is 1.80. The Morgan fingerprint density at radius 2 is 2.08 bits per heavy atom. The Hall–Kier alpha value is -2.64. The van der Waals surface area contributed by atoms with E-state index >= 15 is 0 Å². The SMILES string of the molecule is Cc1ccc(-c2nc(C(=O)Nc3ccc(OCCO)cc3)cs2)o1. The number of rotatable bonds is 6. The average Bonchev–Trinajstić information content (AvgIpc) is 3.23. The van der Waals surface area contributed by atoms with Crippen molar-refractivity contribution in [3.63, 3.8) is 0 Å². The van der Waals surface area contributed by atoms with Gasteiger partial charge in [0.1, 0.15) is 23.8 Å². The molecule has 0 unspecified atom stereocenters. The lowest BCUT2D eigenvalue weighted by Crippen LogP contribution is -2.12. The van der Waals surface area contributed by atoms with Gasteiger partial charge in [-0.25, -0.2) is 4.98 Å². The quantitative estimate of drug-likeness (QED) is 0.716. The molecule has 0 saturated carbocycles. The zero-order chi connectivity index (χ0) is 16.9. The molecule has 124 valence electrons. The minimum absolute atomic E-state index is 0.0418. The van der Waals surface area contributed by atoms with E-state index in [-0.39, 0.29) is 19.1 Å². The van der Waals surface area contributed by atoms with E-state index in [2.05, 4.69) is 10.3 Å². The van der Waals surface area contributed by atoms with Crippen LogP contribution in [0.3, 0.4) is 0 Å². The average molecular weight is 344 g/mol. The number of benzene rings is 1. The van der Waals surface area contributed by atoms with Crippen LogP contribution >= 0.6 is 11.3 Å². The fourth-order valence-corrected chi connectivity index (χ4v) is 2.79. The first kappa shape index (κ1) is 16.2. The predicted molar refractivity (Wildman–Crippen MR) is 91.5 cm³/mol. The van der Waals surface area contributed by atoms with Gasteiger partial charge in [0, 0.05) is 11.1 Å².